The van der Waals surface area contributed by atoms with Gasteiger partial charge in [0.15, 0.2) is 17.2 Å². The van der Waals surface area contributed by atoms with Crippen molar-refractivity contribution < 1.29 is 18.7 Å². The van der Waals surface area contributed by atoms with Crippen molar-refractivity contribution in [2.24, 2.45) is 0 Å². The molecule has 132 valence electrons. The van der Waals surface area contributed by atoms with Gasteiger partial charge in [-0.1, -0.05) is 18.2 Å². The Bertz CT molecular complexity index is 984. The second-order valence-electron chi connectivity index (χ2n) is 5.90. The summed E-state index contributed by atoms with van der Waals surface area (Å²) in [4.78, 5) is 12.4. The van der Waals surface area contributed by atoms with Gasteiger partial charge in [0, 0.05) is 12.2 Å². The molecular formula is C19H16FN3O3. The number of carbonyl (C=O) groups excluding carboxylic acids is 1. The predicted molar refractivity (Wildman–Crippen MR) is 92.0 cm³/mol. The molecule has 2 heterocycles. The van der Waals surface area contributed by atoms with Crippen molar-refractivity contribution in [3.05, 3.63) is 71.3 Å². The van der Waals surface area contributed by atoms with E-state index in [2.05, 4.69) is 10.4 Å². The Labute approximate surface area is 149 Å². The number of hydrogen-bond acceptors (Lipinski definition) is 4. The summed E-state index contributed by atoms with van der Waals surface area (Å²) in [6.45, 7) is 2.30. The first-order valence-electron chi connectivity index (χ1n) is 8.10. The summed E-state index contributed by atoms with van der Waals surface area (Å²) >= 11 is 0. The molecule has 7 heteroatoms. The number of para-hydroxylation sites is 1. The van der Waals surface area contributed by atoms with Gasteiger partial charge in [0.2, 0.25) is 6.79 Å². The monoisotopic (exact) mass is 353 g/mol. The van der Waals surface area contributed by atoms with Crippen LogP contribution in [0, 0.1) is 12.7 Å². The highest BCUT2D eigenvalue weighted by Crippen LogP contribution is 2.32. The summed E-state index contributed by atoms with van der Waals surface area (Å²) in [6.07, 6.45) is 0. The Kier molecular flexibility index (Phi) is 4.04. The highest BCUT2D eigenvalue weighted by Gasteiger charge is 2.16. The van der Waals surface area contributed by atoms with Gasteiger partial charge in [0.25, 0.3) is 5.91 Å². The maximum atomic E-state index is 14.0. The molecule has 2 aromatic carbocycles. The Morgan fingerprint density at radius 2 is 2.00 bits per heavy atom. The molecule has 0 fully saturated rings. The van der Waals surface area contributed by atoms with E-state index in [-0.39, 0.29) is 18.4 Å². The maximum absolute atomic E-state index is 14.0. The van der Waals surface area contributed by atoms with E-state index in [0.717, 1.165) is 5.56 Å². The molecule has 0 unspecified atom stereocenters. The van der Waals surface area contributed by atoms with E-state index < -0.39 is 5.82 Å². The lowest BCUT2D eigenvalue weighted by atomic mass is 10.2. The van der Waals surface area contributed by atoms with E-state index in [9.17, 15) is 9.18 Å². The summed E-state index contributed by atoms with van der Waals surface area (Å²) in [6, 6.07) is 13.4. The fourth-order valence-electron chi connectivity index (χ4n) is 2.78. The number of aromatic nitrogens is 2. The van der Waals surface area contributed by atoms with Crippen LogP contribution in [0.3, 0.4) is 0 Å². The molecule has 6 nitrogen and oxygen atoms in total. The predicted octanol–water partition coefficient (Wildman–Crippen LogP) is 2.98. The molecule has 3 aromatic rings. The van der Waals surface area contributed by atoms with Gasteiger partial charge >= 0.3 is 0 Å². The molecule has 0 radical (unpaired) electrons. The van der Waals surface area contributed by atoms with Crippen LogP contribution in [0.1, 0.15) is 21.7 Å². The van der Waals surface area contributed by atoms with Gasteiger partial charge < -0.3 is 14.8 Å². The lowest BCUT2D eigenvalue weighted by molar-refractivity contribution is 0.0945. The quantitative estimate of drug-likeness (QED) is 0.783. The average Bonchev–Trinajstić information content (AvgIpc) is 3.26. The Morgan fingerprint density at radius 3 is 2.85 bits per heavy atom. The zero-order valence-corrected chi connectivity index (χ0v) is 14.0. The number of halogens is 1. The normalized spacial score (nSPS) is 12.2. The molecule has 1 aliphatic heterocycles. The van der Waals surface area contributed by atoms with E-state index in [0.29, 0.717) is 29.4 Å². The lowest BCUT2D eigenvalue weighted by Crippen LogP contribution is -2.23. The van der Waals surface area contributed by atoms with Crippen molar-refractivity contribution in [1.82, 2.24) is 15.1 Å². The molecule has 1 aliphatic rings. The van der Waals surface area contributed by atoms with Gasteiger partial charge in [0.05, 0.1) is 0 Å². The number of ether oxygens (including phenoxy) is 2. The van der Waals surface area contributed by atoms with Gasteiger partial charge in [-0.2, -0.15) is 5.10 Å². The van der Waals surface area contributed by atoms with Crippen LogP contribution in [0.4, 0.5) is 4.39 Å². The Morgan fingerprint density at radius 1 is 1.19 bits per heavy atom. The Hall–Kier alpha value is -3.35. The molecule has 0 spiro atoms. The second-order valence-corrected chi connectivity index (χ2v) is 5.90. The third kappa shape index (κ3) is 2.99. The molecule has 4 rings (SSSR count). The molecular weight excluding hydrogens is 337 g/mol. The van der Waals surface area contributed by atoms with Gasteiger partial charge in [0.1, 0.15) is 11.5 Å². The van der Waals surface area contributed by atoms with Gasteiger partial charge in [-0.25, -0.2) is 9.07 Å². The van der Waals surface area contributed by atoms with Crippen molar-refractivity contribution in [2.45, 2.75) is 13.5 Å². The van der Waals surface area contributed by atoms with Gasteiger partial charge in [-0.3, -0.25) is 4.79 Å². The first kappa shape index (κ1) is 16.1. The van der Waals surface area contributed by atoms with Crippen LogP contribution >= 0.6 is 0 Å². The highest BCUT2D eigenvalue weighted by molar-refractivity contribution is 5.92. The average molecular weight is 353 g/mol. The fraction of sp³-hybridized carbons (Fsp3) is 0.158. The molecule has 0 aliphatic carbocycles. The number of fused-ring (bicyclic) bond motifs is 1. The van der Waals surface area contributed by atoms with E-state index >= 15 is 0 Å². The maximum Gasteiger partial charge on any atom is 0.272 e. The Balaban J connectivity index is 1.49. The van der Waals surface area contributed by atoms with Crippen LogP contribution in [0.2, 0.25) is 0 Å². The number of aryl methyl sites for hydroxylation is 1. The number of hydrogen-bond donors (Lipinski definition) is 1. The van der Waals surface area contributed by atoms with Crippen LogP contribution in [0.25, 0.3) is 5.69 Å². The minimum Gasteiger partial charge on any atom is -0.454 e. The van der Waals surface area contributed by atoms with Crippen molar-refractivity contribution >= 4 is 5.91 Å². The number of nitrogens with zero attached hydrogens (tertiary/aromatic N) is 2. The molecule has 0 saturated heterocycles. The highest BCUT2D eigenvalue weighted by atomic mass is 19.1. The molecule has 0 saturated carbocycles. The zero-order chi connectivity index (χ0) is 18.1. The van der Waals surface area contributed by atoms with Gasteiger partial charge in [-0.05, 0) is 42.8 Å². The third-order valence-corrected chi connectivity index (χ3v) is 4.09. The second kappa shape index (κ2) is 6.51. The summed E-state index contributed by atoms with van der Waals surface area (Å²) in [5, 5.41) is 7.04. The van der Waals surface area contributed by atoms with E-state index in [4.69, 9.17) is 9.47 Å². The van der Waals surface area contributed by atoms with Crippen molar-refractivity contribution in [1.29, 1.82) is 0 Å². The lowest BCUT2D eigenvalue weighted by Gasteiger charge is -2.06. The van der Waals surface area contributed by atoms with Crippen LogP contribution in [0.5, 0.6) is 11.5 Å². The van der Waals surface area contributed by atoms with E-state index in [1.165, 1.54) is 10.7 Å². The van der Waals surface area contributed by atoms with Gasteiger partial charge in [-0.15, -0.1) is 0 Å². The minimum absolute atomic E-state index is 0.206. The number of nitrogens with one attached hydrogen (secondary N) is 1. The summed E-state index contributed by atoms with van der Waals surface area (Å²) in [5.74, 6) is 0.627. The standard InChI is InChI=1S/C19H16FN3O3/c1-12-8-15(22-23(12)16-5-3-2-4-14(16)20)19(24)21-10-13-6-7-17-18(9-13)26-11-25-17/h2-9H,10-11H2,1H3,(H,21,24). The third-order valence-electron chi connectivity index (χ3n) is 4.09. The number of carbonyl (C=O) groups is 1. The molecule has 1 N–H and O–H groups in total. The molecule has 26 heavy (non-hydrogen) atoms. The first-order valence-corrected chi connectivity index (χ1v) is 8.10. The molecule has 0 bridgehead atoms. The summed E-state index contributed by atoms with van der Waals surface area (Å²) < 4.78 is 26.0. The molecule has 1 amide bonds. The van der Waals surface area contributed by atoms with Crippen LogP contribution in [0.15, 0.2) is 48.5 Å². The number of amides is 1. The van der Waals surface area contributed by atoms with Crippen molar-refractivity contribution in [3.8, 4) is 17.2 Å². The topological polar surface area (TPSA) is 65.4 Å². The number of benzene rings is 2. The fourth-order valence-corrected chi connectivity index (χ4v) is 2.78. The molecule has 1 aromatic heterocycles. The first-order chi connectivity index (χ1) is 12.6. The summed E-state index contributed by atoms with van der Waals surface area (Å²) in [5.41, 5.74) is 2.09. The van der Waals surface area contributed by atoms with Crippen molar-refractivity contribution in [2.75, 3.05) is 6.79 Å². The van der Waals surface area contributed by atoms with E-state index in [1.54, 1.807) is 37.3 Å². The van der Waals surface area contributed by atoms with Crippen LogP contribution in [-0.2, 0) is 6.54 Å². The minimum atomic E-state index is -0.397. The smallest absolute Gasteiger partial charge is 0.272 e. The largest absolute Gasteiger partial charge is 0.454 e. The van der Waals surface area contributed by atoms with Crippen molar-refractivity contribution in [3.63, 3.8) is 0 Å². The SMILES string of the molecule is Cc1cc(C(=O)NCc2ccc3c(c2)OCO3)nn1-c1ccccc1F. The van der Waals surface area contributed by atoms with E-state index in [1.807, 2.05) is 12.1 Å². The zero-order valence-electron chi connectivity index (χ0n) is 14.0. The summed E-state index contributed by atoms with van der Waals surface area (Å²) in [7, 11) is 0. The number of rotatable bonds is 4. The molecule has 0 atom stereocenters. The van der Waals surface area contributed by atoms with Crippen LogP contribution < -0.4 is 14.8 Å². The van der Waals surface area contributed by atoms with Crippen LogP contribution in [-0.4, -0.2) is 22.5 Å².